The van der Waals surface area contributed by atoms with E-state index in [4.69, 9.17) is 9.47 Å². The van der Waals surface area contributed by atoms with Gasteiger partial charge in [0.15, 0.2) is 0 Å². The van der Waals surface area contributed by atoms with Gasteiger partial charge in [0.2, 0.25) is 20.0 Å². The molecule has 2 fully saturated rings. The molecule has 0 bridgehead atoms. The summed E-state index contributed by atoms with van der Waals surface area (Å²) in [5.74, 6) is -1.92. The first-order valence-electron chi connectivity index (χ1n) is 19.2. The SMILES string of the molecule is CCCn1cc(C)c(C#N)c1N(C(=O)c1cc(S(=O)(=O)N2CCN(CC)CC2)ccc1OCC)C(=O)c1cc(S(=O)(=O)N2CCN(CC)CC2)ccc1OCC. The molecule has 56 heavy (non-hydrogen) atoms. The van der Waals surface area contributed by atoms with Crippen molar-refractivity contribution in [1.82, 2.24) is 23.0 Å². The molecular weight excluding hydrogens is 759 g/mol. The second-order valence-electron chi connectivity index (χ2n) is 13.6. The van der Waals surface area contributed by atoms with Crippen molar-refractivity contribution in [2.24, 2.45) is 0 Å². The molecule has 2 aliphatic heterocycles. The van der Waals surface area contributed by atoms with Crippen molar-refractivity contribution < 1.29 is 35.9 Å². The van der Waals surface area contributed by atoms with Gasteiger partial charge < -0.3 is 23.8 Å². The lowest BCUT2D eigenvalue weighted by Gasteiger charge is -2.33. The Balaban J connectivity index is 1.70. The highest BCUT2D eigenvalue weighted by atomic mass is 32.2. The predicted molar refractivity (Wildman–Crippen MR) is 212 cm³/mol. The van der Waals surface area contributed by atoms with E-state index in [2.05, 4.69) is 15.9 Å². The summed E-state index contributed by atoms with van der Waals surface area (Å²) in [6.07, 6.45) is 2.25. The zero-order valence-corrected chi connectivity index (χ0v) is 34.8. The van der Waals surface area contributed by atoms with Gasteiger partial charge >= 0.3 is 0 Å². The van der Waals surface area contributed by atoms with Crippen molar-refractivity contribution in [3.63, 3.8) is 0 Å². The zero-order chi connectivity index (χ0) is 40.8. The number of likely N-dealkylation sites (N-methyl/N-ethyl adjacent to an activating group) is 2. The molecule has 2 aromatic carbocycles. The van der Waals surface area contributed by atoms with Gasteiger partial charge in [0.05, 0.1) is 39.7 Å². The molecule has 2 aliphatic rings. The van der Waals surface area contributed by atoms with E-state index in [0.717, 1.165) is 18.0 Å². The minimum absolute atomic E-state index is 0.0291. The summed E-state index contributed by atoms with van der Waals surface area (Å²) < 4.78 is 72.2. The minimum Gasteiger partial charge on any atom is -0.493 e. The molecule has 3 heterocycles. The number of rotatable bonds is 15. The van der Waals surface area contributed by atoms with Gasteiger partial charge in [-0.15, -0.1) is 0 Å². The fourth-order valence-corrected chi connectivity index (χ4v) is 10.00. The molecule has 304 valence electrons. The number of carbonyl (C=O) groups excluding carboxylic acids is 2. The predicted octanol–water partition coefficient (Wildman–Crippen LogP) is 4.02. The van der Waals surface area contributed by atoms with Crippen molar-refractivity contribution in [3.8, 4) is 17.6 Å². The number of ether oxygens (including phenoxy) is 2. The van der Waals surface area contributed by atoms with E-state index in [-0.39, 0.29) is 83.2 Å². The van der Waals surface area contributed by atoms with Crippen LogP contribution in [0.25, 0.3) is 0 Å². The number of imide groups is 1. The number of benzene rings is 2. The number of sulfonamides is 2. The Hall–Kier alpha value is -4.31. The molecule has 0 saturated carbocycles. The first-order chi connectivity index (χ1) is 26.8. The second kappa shape index (κ2) is 18.3. The van der Waals surface area contributed by atoms with E-state index in [0.29, 0.717) is 44.7 Å². The summed E-state index contributed by atoms with van der Waals surface area (Å²) in [5, 5.41) is 10.4. The number of hydrogen-bond donors (Lipinski definition) is 0. The Morgan fingerprint density at radius 2 is 1.14 bits per heavy atom. The van der Waals surface area contributed by atoms with Crippen molar-refractivity contribution in [1.29, 1.82) is 5.26 Å². The number of nitrogens with zero attached hydrogens (tertiary/aromatic N) is 7. The Labute approximate surface area is 331 Å². The Morgan fingerprint density at radius 3 is 1.50 bits per heavy atom. The van der Waals surface area contributed by atoms with E-state index in [9.17, 15) is 22.1 Å². The third-order valence-corrected chi connectivity index (χ3v) is 14.0. The summed E-state index contributed by atoms with van der Waals surface area (Å²) in [6, 6.07) is 10.1. The zero-order valence-electron chi connectivity index (χ0n) is 33.2. The lowest BCUT2D eigenvalue weighted by Crippen LogP contribution is -2.48. The lowest BCUT2D eigenvalue weighted by molar-refractivity contribution is 0.0891. The van der Waals surface area contributed by atoms with Crippen LogP contribution in [0, 0.1) is 18.3 Å². The quantitative estimate of drug-likeness (QED) is 0.204. The van der Waals surface area contributed by atoms with Crippen LogP contribution in [0.3, 0.4) is 0 Å². The molecule has 0 aliphatic carbocycles. The van der Waals surface area contributed by atoms with Gasteiger partial charge in [-0.3, -0.25) is 9.59 Å². The number of aryl methyl sites for hydroxylation is 2. The van der Waals surface area contributed by atoms with Crippen LogP contribution in [0.4, 0.5) is 5.82 Å². The number of carbonyl (C=O) groups is 2. The van der Waals surface area contributed by atoms with Crippen LogP contribution >= 0.6 is 0 Å². The molecule has 0 spiro atoms. The highest BCUT2D eigenvalue weighted by Crippen LogP contribution is 2.35. The van der Waals surface area contributed by atoms with Crippen molar-refractivity contribution in [3.05, 3.63) is 64.8 Å². The maximum atomic E-state index is 15.2. The van der Waals surface area contributed by atoms with Gasteiger partial charge in [0.25, 0.3) is 11.8 Å². The molecule has 17 heteroatoms. The number of aromatic nitrogens is 1. The summed E-state index contributed by atoms with van der Waals surface area (Å²) in [6.45, 7) is 16.5. The third-order valence-electron chi connectivity index (χ3n) is 10.2. The van der Waals surface area contributed by atoms with Crippen molar-refractivity contribution >= 4 is 37.7 Å². The molecule has 0 radical (unpaired) electrons. The van der Waals surface area contributed by atoms with Crippen LogP contribution in [0.2, 0.25) is 0 Å². The van der Waals surface area contributed by atoms with E-state index in [1.807, 2.05) is 20.8 Å². The number of nitriles is 1. The molecule has 0 unspecified atom stereocenters. The van der Waals surface area contributed by atoms with Gasteiger partial charge in [-0.2, -0.15) is 13.9 Å². The molecule has 3 aromatic rings. The molecule has 2 amide bonds. The number of amides is 2. The third kappa shape index (κ3) is 8.65. The van der Waals surface area contributed by atoms with Crippen LogP contribution in [0.5, 0.6) is 11.5 Å². The van der Waals surface area contributed by atoms with E-state index in [1.165, 1.54) is 45.0 Å². The second-order valence-corrected chi connectivity index (χ2v) is 17.5. The van der Waals surface area contributed by atoms with Crippen molar-refractivity contribution in [2.75, 3.05) is 83.6 Å². The summed E-state index contributed by atoms with van der Waals surface area (Å²) in [5.41, 5.74) is 0.0949. The first-order valence-corrected chi connectivity index (χ1v) is 22.1. The van der Waals surface area contributed by atoms with Gasteiger partial charge in [0.1, 0.15) is 23.4 Å². The van der Waals surface area contributed by atoms with E-state index < -0.39 is 31.9 Å². The molecule has 2 saturated heterocycles. The summed E-state index contributed by atoms with van der Waals surface area (Å²) >= 11 is 0. The Bertz CT molecular complexity index is 2050. The summed E-state index contributed by atoms with van der Waals surface area (Å²) in [7, 11) is -8.16. The normalized spacial score (nSPS) is 16.4. The van der Waals surface area contributed by atoms with Gasteiger partial charge in [-0.25, -0.2) is 21.7 Å². The molecule has 15 nitrogen and oxygen atoms in total. The topological polar surface area (TPSA) is 166 Å². The van der Waals surface area contributed by atoms with Gasteiger partial charge in [-0.05, 0) is 82.2 Å². The van der Waals surface area contributed by atoms with E-state index in [1.54, 1.807) is 31.5 Å². The van der Waals surface area contributed by atoms with Crippen LogP contribution < -0.4 is 14.4 Å². The first kappa shape index (κ1) is 42.8. The number of hydrogen-bond acceptors (Lipinski definition) is 11. The maximum absolute atomic E-state index is 15.2. The summed E-state index contributed by atoms with van der Waals surface area (Å²) in [4.78, 5) is 35.2. The minimum atomic E-state index is -4.08. The highest BCUT2D eigenvalue weighted by Gasteiger charge is 2.38. The highest BCUT2D eigenvalue weighted by molar-refractivity contribution is 7.89. The van der Waals surface area contributed by atoms with Crippen LogP contribution in [0.1, 0.15) is 72.9 Å². The Morgan fingerprint density at radius 1 is 0.714 bits per heavy atom. The van der Waals surface area contributed by atoms with Crippen LogP contribution in [-0.2, 0) is 26.6 Å². The van der Waals surface area contributed by atoms with Crippen LogP contribution in [-0.4, -0.2) is 130 Å². The average molecular weight is 812 g/mol. The molecule has 0 N–H and O–H groups in total. The molecular formula is C39H53N7O8S2. The van der Waals surface area contributed by atoms with Gasteiger partial charge in [0, 0.05) is 65.1 Å². The fourth-order valence-electron chi connectivity index (χ4n) is 7.10. The molecule has 5 rings (SSSR count). The standard InChI is InChI=1S/C39H53N7O8S2/c1-7-16-43-28-29(6)34(27-40)37(43)46(38(47)32-25-30(12-14-35(32)53-10-4)55(49,50)44-21-17-41(8-2)18-22-44)39(48)33-26-31(13-15-36(33)54-11-5)56(51,52)45-23-19-42(9-3)20-24-45/h12-15,25-26,28H,7-11,16-24H2,1-6H3. The Kier molecular flexibility index (Phi) is 14.0. The fraction of sp³-hybridized carbons (Fsp3) is 0.513. The van der Waals surface area contributed by atoms with E-state index >= 15 is 9.59 Å². The maximum Gasteiger partial charge on any atom is 0.270 e. The average Bonchev–Trinajstić information content (AvgIpc) is 3.51. The number of piperazine rings is 2. The van der Waals surface area contributed by atoms with Crippen molar-refractivity contribution in [2.45, 2.75) is 64.3 Å². The number of anilines is 1. The lowest BCUT2D eigenvalue weighted by atomic mass is 10.1. The smallest absolute Gasteiger partial charge is 0.270 e. The molecule has 1 aromatic heterocycles. The molecule has 0 atom stereocenters. The van der Waals surface area contributed by atoms with Gasteiger partial charge in [-0.1, -0.05) is 20.8 Å². The largest absolute Gasteiger partial charge is 0.493 e. The monoisotopic (exact) mass is 811 g/mol. The van der Waals surface area contributed by atoms with Crippen LogP contribution in [0.15, 0.2) is 52.4 Å².